The topological polar surface area (TPSA) is 48.8 Å². The van der Waals surface area contributed by atoms with Crippen LogP contribution in [0.3, 0.4) is 0 Å². The highest BCUT2D eigenvalue weighted by molar-refractivity contribution is 6.11. The van der Waals surface area contributed by atoms with E-state index in [2.05, 4.69) is 143 Å². The standard InChI is InChI=1S/C43H28N4O/c1-27-25-29-19-20-30(26-38(29)46(27)31-11-3-2-4-12-31)42-44-41(40-35-15-7-10-18-39(35)48-43(40)45-42)28-21-23-32(24-22-28)47-36-16-8-5-13-33(36)34-14-6-9-17-37(34)47/h2-26H,1H3. The van der Waals surface area contributed by atoms with Crippen molar-refractivity contribution in [1.29, 1.82) is 0 Å². The molecule has 4 heterocycles. The van der Waals surface area contributed by atoms with Crippen molar-refractivity contribution in [2.75, 3.05) is 0 Å². The maximum absolute atomic E-state index is 6.38. The fraction of sp³-hybridized carbons (Fsp3) is 0.0233. The van der Waals surface area contributed by atoms with Gasteiger partial charge in [-0.15, -0.1) is 0 Å². The zero-order chi connectivity index (χ0) is 31.8. The van der Waals surface area contributed by atoms with Gasteiger partial charge in [-0.3, -0.25) is 0 Å². The van der Waals surface area contributed by atoms with E-state index in [1.165, 1.54) is 32.9 Å². The summed E-state index contributed by atoms with van der Waals surface area (Å²) in [5.41, 5.74) is 11.0. The minimum atomic E-state index is 0.581. The molecule has 0 saturated carbocycles. The molecule has 0 aliphatic carbocycles. The van der Waals surface area contributed by atoms with Crippen LogP contribution in [-0.2, 0) is 0 Å². The van der Waals surface area contributed by atoms with E-state index in [1.54, 1.807) is 0 Å². The quantitative estimate of drug-likeness (QED) is 0.198. The molecule has 0 spiro atoms. The van der Waals surface area contributed by atoms with E-state index in [0.717, 1.165) is 50.1 Å². The van der Waals surface area contributed by atoms with Crippen LogP contribution in [0.15, 0.2) is 156 Å². The van der Waals surface area contributed by atoms with E-state index in [1.807, 2.05) is 24.3 Å². The van der Waals surface area contributed by atoms with Crippen LogP contribution < -0.4 is 0 Å². The number of rotatable bonds is 4. The van der Waals surface area contributed by atoms with Gasteiger partial charge in [-0.25, -0.2) is 4.98 Å². The van der Waals surface area contributed by atoms with Crippen LogP contribution >= 0.6 is 0 Å². The fourth-order valence-electron chi connectivity index (χ4n) is 7.33. The predicted octanol–water partition coefficient (Wildman–Crippen LogP) is 11.1. The minimum Gasteiger partial charge on any atom is -0.438 e. The lowest BCUT2D eigenvalue weighted by Crippen LogP contribution is -1.97. The van der Waals surface area contributed by atoms with Crippen LogP contribution in [0.1, 0.15) is 5.69 Å². The van der Waals surface area contributed by atoms with E-state index < -0.39 is 0 Å². The first-order valence-corrected chi connectivity index (χ1v) is 16.2. The van der Waals surface area contributed by atoms with Gasteiger partial charge >= 0.3 is 0 Å². The lowest BCUT2D eigenvalue weighted by Gasteiger charge is -2.11. The van der Waals surface area contributed by atoms with Crippen LogP contribution in [0.4, 0.5) is 0 Å². The van der Waals surface area contributed by atoms with Crippen molar-refractivity contribution >= 4 is 54.8 Å². The monoisotopic (exact) mass is 616 g/mol. The van der Waals surface area contributed by atoms with Gasteiger partial charge in [-0.2, -0.15) is 4.98 Å². The van der Waals surface area contributed by atoms with Gasteiger partial charge in [0.25, 0.3) is 0 Å². The Kier molecular flexibility index (Phi) is 5.72. The van der Waals surface area contributed by atoms with Crippen LogP contribution in [0, 0.1) is 6.92 Å². The van der Waals surface area contributed by atoms with Crippen molar-refractivity contribution in [1.82, 2.24) is 19.1 Å². The first kappa shape index (κ1) is 26.7. The predicted molar refractivity (Wildman–Crippen MR) is 196 cm³/mol. The summed E-state index contributed by atoms with van der Waals surface area (Å²) in [5.74, 6) is 0.628. The molecule has 10 aromatic rings. The molecule has 48 heavy (non-hydrogen) atoms. The Bertz CT molecular complexity index is 2790. The molecule has 0 N–H and O–H groups in total. The summed E-state index contributed by atoms with van der Waals surface area (Å²) < 4.78 is 11.0. The molecule has 5 nitrogen and oxygen atoms in total. The largest absolute Gasteiger partial charge is 0.438 e. The second kappa shape index (κ2) is 10.3. The highest BCUT2D eigenvalue weighted by atomic mass is 16.3. The van der Waals surface area contributed by atoms with E-state index >= 15 is 0 Å². The Morgan fingerprint density at radius 3 is 1.88 bits per heavy atom. The van der Waals surface area contributed by atoms with Crippen molar-refractivity contribution < 1.29 is 4.42 Å². The van der Waals surface area contributed by atoms with E-state index in [-0.39, 0.29) is 0 Å². The van der Waals surface area contributed by atoms with Crippen molar-refractivity contribution in [3.05, 3.63) is 157 Å². The highest BCUT2D eigenvalue weighted by Crippen LogP contribution is 2.38. The number of furan rings is 1. The molecular weight excluding hydrogens is 589 g/mol. The first-order valence-electron chi connectivity index (χ1n) is 16.2. The molecule has 0 radical (unpaired) electrons. The van der Waals surface area contributed by atoms with Gasteiger partial charge in [-0.1, -0.05) is 97.1 Å². The normalized spacial score (nSPS) is 11.9. The van der Waals surface area contributed by atoms with Crippen molar-refractivity contribution in [2.45, 2.75) is 6.92 Å². The molecule has 0 unspecified atom stereocenters. The lowest BCUT2D eigenvalue weighted by atomic mass is 10.0. The van der Waals surface area contributed by atoms with Gasteiger partial charge in [0, 0.05) is 49.7 Å². The number of hydrogen-bond donors (Lipinski definition) is 0. The molecule has 0 aliphatic heterocycles. The van der Waals surface area contributed by atoms with Gasteiger partial charge in [0.2, 0.25) is 5.71 Å². The zero-order valence-electron chi connectivity index (χ0n) is 26.1. The molecule has 10 rings (SSSR count). The summed E-state index contributed by atoms with van der Waals surface area (Å²) in [5, 5.41) is 5.59. The second-order valence-electron chi connectivity index (χ2n) is 12.3. The van der Waals surface area contributed by atoms with Gasteiger partial charge in [-0.05, 0) is 61.5 Å². The third kappa shape index (κ3) is 3.98. The van der Waals surface area contributed by atoms with Crippen molar-refractivity contribution in [2.24, 2.45) is 0 Å². The number of nitrogens with zero attached hydrogens (tertiary/aromatic N) is 4. The van der Waals surface area contributed by atoms with E-state index in [9.17, 15) is 0 Å². The molecule has 0 saturated heterocycles. The van der Waals surface area contributed by atoms with Gasteiger partial charge in [0.1, 0.15) is 5.58 Å². The molecule has 5 heteroatoms. The lowest BCUT2D eigenvalue weighted by molar-refractivity contribution is 0.653. The Hall–Kier alpha value is -6.46. The number of benzene rings is 6. The number of aryl methyl sites for hydroxylation is 1. The maximum Gasteiger partial charge on any atom is 0.231 e. The third-order valence-electron chi connectivity index (χ3n) is 9.48. The third-order valence-corrected chi connectivity index (χ3v) is 9.48. The summed E-state index contributed by atoms with van der Waals surface area (Å²) in [7, 11) is 0. The molecule has 0 atom stereocenters. The second-order valence-corrected chi connectivity index (χ2v) is 12.3. The fourth-order valence-corrected chi connectivity index (χ4v) is 7.33. The Morgan fingerprint density at radius 1 is 0.500 bits per heavy atom. The summed E-state index contributed by atoms with van der Waals surface area (Å²) in [6.45, 7) is 2.14. The van der Waals surface area contributed by atoms with Crippen LogP contribution in [-0.4, -0.2) is 19.1 Å². The SMILES string of the molecule is Cc1cc2ccc(-c3nc(-c4ccc(-n5c6ccccc6c6ccccc65)cc4)c4c(n3)oc3ccccc34)cc2n1-c1ccccc1. The molecule has 6 aromatic carbocycles. The number of para-hydroxylation sites is 4. The van der Waals surface area contributed by atoms with Gasteiger partial charge in [0.15, 0.2) is 5.82 Å². The molecule has 4 aromatic heterocycles. The van der Waals surface area contributed by atoms with Crippen molar-refractivity contribution in [3.63, 3.8) is 0 Å². The average Bonchev–Trinajstić information content (AvgIpc) is 3.80. The molecule has 0 fully saturated rings. The highest BCUT2D eigenvalue weighted by Gasteiger charge is 2.20. The Labute approximate surface area is 276 Å². The van der Waals surface area contributed by atoms with Crippen LogP contribution in [0.2, 0.25) is 0 Å². The van der Waals surface area contributed by atoms with Crippen molar-refractivity contribution in [3.8, 4) is 34.0 Å². The summed E-state index contributed by atoms with van der Waals surface area (Å²) in [6, 6.07) is 53.1. The smallest absolute Gasteiger partial charge is 0.231 e. The summed E-state index contributed by atoms with van der Waals surface area (Å²) in [6.07, 6.45) is 0. The van der Waals surface area contributed by atoms with E-state index in [0.29, 0.717) is 11.5 Å². The Balaban J connectivity index is 1.17. The minimum absolute atomic E-state index is 0.581. The molecule has 226 valence electrons. The number of aromatic nitrogens is 4. The zero-order valence-corrected chi connectivity index (χ0v) is 26.1. The molecule has 0 bridgehead atoms. The van der Waals surface area contributed by atoms with Crippen LogP contribution in [0.5, 0.6) is 0 Å². The molecule has 0 amide bonds. The van der Waals surface area contributed by atoms with Crippen LogP contribution in [0.25, 0.3) is 88.8 Å². The molecular formula is C43H28N4O. The summed E-state index contributed by atoms with van der Waals surface area (Å²) in [4.78, 5) is 10.3. The van der Waals surface area contributed by atoms with Gasteiger partial charge in [0.05, 0.1) is 27.6 Å². The average molecular weight is 617 g/mol. The number of fused-ring (bicyclic) bond motifs is 7. The number of hydrogen-bond acceptors (Lipinski definition) is 3. The maximum atomic E-state index is 6.38. The summed E-state index contributed by atoms with van der Waals surface area (Å²) >= 11 is 0. The Morgan fingerprint density at radius 2 is 1.12 bits per heavy atom. The van der Waals surface area contributed by atoms with Gasteiger partial charge < -0.3 is 13.6 Å². The first-order chi connectivity index (χ1) is 23.7. The molecule has 0 aliphatic rings. The van der Waals surface area contributed by atoms with E-state index in [4.69, 9.17) is 14.4 Å².